The molecule has 1 heterocycles. The molecule has 5 nitrogen and oxygen atoms in total. The quantitative estimate of drug-likeness (QED) is 0.422. The average Bonchev–Trinajstić information content (AvgIpc) is 3.06. The van der Waals surface area contributed by atoms with E-state index in [0.717, 1.165) is 22.9 Å². The van der Waals surface area contributed by atoms with Crippen molar-refractivity contribution in [2.24, 2.45) is 0 Å². The Bertz CT molecular complexity index is 983. The summed E-state index contributed by atoms with van der Waals surface area (Å²) in [5.74, 6) is -0.374. The number of carboxylic acid groups (broad SMARTS) is 1. The van der Waals surface area contributed by atoms with Crippen molar-refractivity contribution in [3.63, 3.8) is 0 Å². The van der Waals surface area contributed by atoms with Gasteiger partial charge in [-0.1, -0.05) is 35.3 Å². The number of rotatable bonds is 6. The normalized spacial score (nSPS) is 11.6. The maximum Gasteiger partial charge on any atom is 0.342 e. The Balaban J connectivity index is 1.94. The van der Waals surface area contributed by atoms with Crippen molar-refractivity contribution in [3.05, 3.63) is 69.0 Å². The molecule has 0 saturated carbocycles. The summed E-state index contributed by atoms with van der Waals surface area (Å²) in [5, 5.41) is 19.7. The Morgan fingerprint density at radius 1 is 1.07 bits per heavy atom. The van der Waals surface area contributed by atoms with Gasteiger partial charge in [0.15, 0.2) is 11.0 Å². The van der Waals surface area contributed by atoms with Crippen molar-refractivity contribution in [1.82, 2.24) is 14.8 Å². The average molecular weight is 420 g/mol. The lowest BCUT2D eigenvalue weighted by molar-refractivity contribution is -0.131. The summed E-state index contributed by atoms with van der Waals surface area (Å²) in [4.78, 5) is 11.8. The fraction of sp³-hybridized carbons (Fsp3) is 0.105. The number of halogens is 2. The smallest absolute Gasteiger partial charge is 0.342 e. The molecule has 0 amide bonds. The first-order valence-corrected chi connectivity index (χ1v) is 9.62. The molecule has 1 N–H and O–H groups in total. The lowest BCUT2D eigenvalue weighted by Gasteiger charge is -2.08. The summed E-state index contributed by atoms with van der Waals surface area (Å²) in [7, 11) is 0. The summed E-state index contributed by atoms with van der Waals surface area (Å²) in [6.07, 6.45) is 1.58. The van der Waals surface area contributed by atoms with E-state index in [4.69, 9.17) is 23.2 Å². The molecule has 1 aromatic heterocycles. The molecule has 0 radical (unpaired) electrons. The molecule has 0 bridgehead atoms. The van der Waals surface area contributed by atoms with Crippen LogP contribution in [-0.2, 0) is 11.3 Å². The number of aliphatic carboxylic acids is 1. The summed E-state index contributed by atoms with van der Waals surface area (Å²) in [5.41, 5.74) is 1.60. The highest BCUT2D eigenvalue weighted by Gasteiger charge is 2.18. The van der Waals surface area contributed by atoms with Gasteiger partial charge >= 0.3 is 5.97 Å². The van der Waals surface area contributed by atoms with Crippen LogP contribution < -0.4 is 0 Å². The Kier molecular flexibility index (Phi) is 6.21. The molecular weight excluding hydrogens is 405 g/mol. The molecule has 8 heteroatoms. The molecular formula is C19H15Cl2N3O2S. The Hall–Kier alpha value is -2.28. The molecule has 3 rings (SSSR count). The van der Waals surface area contributed by atoms with E-state index in [0.29, 0.717) is 27.6 Å². The second-order valence-electron chi connectivity index (χ2n) is 5.52. The van der Waals surface area contributed by atoms with Crippen LogP contribution >= 0.6 is 35.0 Å². The zero-order valence-corrected chi connectivity index (χ0v) is 16.6. The molecule has 0 aliphatic carbocycles. The number of nitrogens with zero attached hydrogens (tertiary/aromatic N) is 3. The number of thioether (sulfide) groups is 1. The molecule has 0 aliphatic heterocycles. The molecule has 27 heavy (non-hydrogen) atoms. The Labute approximate surface area is 170 Å². The van der Waals surface area contributed by atoms with E-state index in [1.807, 2.05) is 23.6 Å². The minimum Gasteiger partial charge on any atom is -0.477 e. The minimum atomic E-state index is -1.03. The third kappa shape index (κ3) is 4.71. The Morgan fingerprint density at radius 3 is 2.22 bits per heavy atom. The van der Waals surface area contributed by atoms with Crippen molar-refractivity contribution in [1.29, 1.82) is 0 Å². The van der Waals surface area contributed by atoms with E-state index in [1.165, 1.54) is 0 Å². The SMILES string of the molecule is CCn1c(S/C(=C\c2ccc(Cl)cc2)C(=O)O)nnc1-c1ccc(Cl)cc1. The van der Waals surface area contributed by atoms with Gasteiger partial charge in [0.2, 0.25) is 0 Å². The predicted molar refractivity (Wildman–Crippen MR) is 109 cm³/mol. The Morgan fingerprint density at radius 2 is 1.67 bits per heavy atom. The van der Waals surface area contributed by atoms with Gasteiger partial charge in [0.25, 0.3) is 0 Å². The summed E-state index contributed by atoms with van der Waals surface area (Å²) < 4.78 is 1.87. The zero-order chi connectivity index (χ0) is 19.4. The van der Waals surface area contributed by atoms with Gasteiger partial charge in [0.1, 0.15) is 4.91 Å². The summed E-state index contributed by atoms with van der Waals surface area (Å²) in [6.45, 7) is 2.55. The molecule has 2 aromatic carbocycles. The molecule has 0 atom stereocenters. The monoisotopic (exact) mass is 419 g/mol. The highest BCUT2D eigenvalue weighted by molar-refractivity contribution is 8.04. The van der Waals surface area contributed by atoms with Crippen LogP contribution in [-0.4, -0.2) is 25.8 Å². The van der Waals surface area contributed by atoms with Crippen LogP contribution in [0.4, 0.5) is 0 Å². The van der Waals surface area contributed by atoms with Gasteiger partial charge in [-0.2, -0.15) is 0 Å². The minimum absolute atomic E-state index is 0.141. The summed E-state index contributed by atoms with van der Waals surface area (Å²) >= 11 is 12.9. The number of carboxylic acids is 1. The van der Waals surface area contributed by atoms with Crippen LogP contribution in [0.15, 0.2) is 58.6 Å². The maximum absolute atomic E-state index is 11.7. The molecule has 0 saturated heterocycles. The van der Waals surface area contributed by atoms with Gasteiger partial charge in [-0.05, 0) is 66.7 Å². The van der Waals surface area contributed by atoms with Gasteiger partial charge in [-0.25, -0.2) is 4.79 Å². The van der Waals surface area contributed by atoms with Crippen LogP contribution in [0, 0.1) is 0 Å². The number of hydrogen-bond donors (Lipinski definition) is 1. The van der Waals surface area contributed by atoms with E-state index in [9.17, 15) is 9.90 Å². The summed E-state index contributed by atoms with van der Waals surface area (Å²) in [6, 6.07) is 14.2. The van der Waals surface area contributed by atoms with Gasteiger partial charge in [-0.3, -0.25) is 0 Å². The van der Waals surface area contributed by atoms with Gasteiger partial charge in [0.05, 0.1) is 0 Å². The third-order valence-corrected chi connectivity index (χ3v) is 5.22. The van der Waals surface area contributed by atoms with Crippen molar-refractivity contribution < 1.29 is 9.90 Å². The van der Waals surface area contributed by atoms with Gasteiger partial charge in [0, 0.05) is 22.2 Å². The second kappa shape index (κ2) is 8.61. The van der Waals surface area contributed by atoms with Crippen LogP contribution in [0.2, 0.25) is 10.0 Å². The molecule has 3 aromatic rings. The van der Waals surface area contributed by atoms with E-state index in [-0.39, 0.29) is 4.91 Å². The maximum atomic E-state index is 11.7. The lowest BCUT2D eigenvalue weighted by atomic mass is 10.2. The van der Waals surface area contributed by atoms with E-state index in [1.54, 1.807) is 42.5 Å². The van der Waals surface area contributed by atoms with Crippen molar-refractivity contribution in [3.8, 4) is 11.4 Å². The topological polar surface area (TPSA) is 68.0 Å². The number of aromatic nitrogens is 3. The number of carbonyl (C=O) groups is 1. The van der Waals surface area contributed by atoms with Crippen molar-refractivity contribution >= 4 is 47.0 Å². The van der Waals surface area contributed by atoms with Gasteiger partial charge < -0.3 is 9.67 Å². The van der Waals surface area contributed by atoms with E-state index < -0.39 is 5.97 Å². The first kappa shape index (κ1) is 19.5. The molecule has 138 valence electrons. The third-order valence-electron chi connectivity index (χ3n) is 3.72. The molecule has 0 aliphatic rings. The van der Waals surface area contributed by atoms with Crippen molar-refractivity contribution in [2.75, 3.05) is 0 Å². The fourth-order valence-corrected chi connectivity index (χ4v) is 3.54. The number of hydrogen-bond acceptors (Lipinski definition) is 4. The van der Waals surface area contributed by atoms with E-state index >= 15 is 0 Å². The van der Waals surface area contributed by atoms with Gasteiger partial charge in [-0.15, -0.1) is 10.2 Å². The predicted octanol–water partition coefficient (Wildman–Crippen LogP) is 5.49. The van der Waals surface area contributed by atoms with E-state index in [2.05, 4.69) is 10.2 Å². The molecule has 0 fully saturated rings. The molecule has 0 unspecified atom stereocenters. The zero-order valence-electron chi connectivity index (χ0n) is 14.3. The first-order chi connectivity index (χ1) is 13.0. The van der Waals surface area contributed by atoms with Crippen LogP contribution in [0.5, 0.6) is 0 Å². The highest BCUT2D eigenvalue weighted by Crippen LogP contribution is 2.31. The van der Waals surface area contributed by atoms with Crippen LogP contribution in [0.3, 0.4) is 0 Å². The number of benzene rings is 2. The lowest BCUT2D eigenvalue weighted by Crippen LogP contribution is -2.02. The molecule has 0 spiro atoms. The van der Waals surface area contributed by atoms with Crippen molar-refractivity contribution in [2.45, 2.75) is 18.6 Å². The first-order valence-electron chi connectivity index (χ1n) is 8.05. The fourth-order valence-electron chi connectivity index (χ4n) is 2.41. The largest absolute Gasteiger partial charge is 0.477 e. The second-order valence-corrected chi connectivity index (χ2v) is 7.41. The standard InChI is InChI=1S/C19H15Cl2N3O2S/c1-2-24-17(13-5-9-15(21)10-6-13)22-23-19(24)27-16(18(25)26)11-12-3-7-14(20)8-4-12/h3-11H,2H2,1H3,(H,25,26)/b16-11-. The van der Waals surface area contributed by atoms with Crippen LogP contribution in [0.25, 0.3) is 17.5 Å². The highest BCUT2D eigenvalue weighted by atomic mass is 35.5. The van der Waals surface area contributed by atoms with Crippen LogP contribution in [0.1, 0.15) is 12.5 Å².